The molecule has 0 aromatic carbocycles. The Bertz CT molecular complexity index is 369. The Balaban J connectivity index is 3.05. The van der Waals surface area contributed by atoms with Crippen LogP contribution in [0.15, 0.2) is 0 Å². The van der Waals surface area contributed by atoms with E-state index in [0.29, 0.717) is 17.1 Å². The van der Waals surface area contributed by atoms with Gasteiger partial charge in [-0.25, -0.2) is 4.68 Å². The lowest BCUT2D eigenvalue weighted by Gasteiger charge is -2.11. The fourth-order valence-corrected chi connectivity index (χ4v) is 1.41. The zero-order valence-corrected chi connectivity index (χ0v) is 9.44. The van der Waals surface area contributed by atoms with E-state index >= 15 is 0 Å². The van der Waals surface area contributed by atoms with E-state index in [0.717, 1.165) is 0 Å². The number of hydrogen-bond donors (Lipinski definition) is 1. The van der Waals surface area contributed by atoms with Gasteiger partial charge in [0.1, 0.15) is 0 Å². The lowest BCUT2D eigenvalue weighted by molar-refractivity contribution is -0.136. The number of carbonyl (C=O) groups is 1. The largest absolute Gasteiger partial charge is 0.481 e. The van der Waals surface area contributed by atoms with Gasteiger partial charge in [0.2, 0.25) is 5.88 Å². The van der Waals surface area contributed by atoms with E-state index in [4.69, 9.17) is 9.84 Å². The molecule has 0 radical (unpaired) electrons. The van der Waals surface area contributed by atoms with Gasteiger partial charge in [-0.15, -0.1) is 0 Å². The van der Waals surface area contributed by atoms with Crippen molar-refractivity contribution in [2.45, 2.75) is 33.3 Å². The first-order valence-electron chi connectivity index (χ1n) is 4.82. The molecule has 0 aliphatic carbocycles. The molecule has 0 fully saturated rings. The zero-order chi connectivity index (χ0) is 11.6. The van der Waals surface area contributed by atoms with Gasteiger partial charge in [-0.1, -0.05) is 0 Å². The molecule has 15 heavy (non-hydrogen) atoms. The summed E-state index contributed by atoms with van der Waals surface area (Å²) in [5.74, 6) is -0.329. The van der Waals surface area contributed by atoms with Gasteiger partial charge < -0.3 is 9.84 Å². The molecule has 1 rings (SSSR count). The van der Waals surface area contributed by atoms with Gasteiger partial charge in [0.25, 0.3) is 0 Å². The normalized spacial score (nSPS) is 10.7. The molecule has 84 valence electrons. The van der Waals surface area contributed by atoms with Gasteiger partial charge in [0.15, 0.2) is 0 Å². The molecule has 0 amide bonds. The van der Waals surface area contributed by atoms with Crippen LogP contribution in [0.1, 0.15) is 25.1 Å². The maximum absolute atomic E-state index is 10.7. The predicted octanol–water partition coefficient (Wildman–Crippen LogP) is 1.14. The van der Waals surface area contributed by atoms with Crippen molar-refractivity contribution in [3.05, 3.63) is 11.3 Å². The molecule has 0 bridgehead atoms. The molecule has 5 heteroatoms. The van der Waals surface area contributed by atoms with Crippen molar-refractivity contribution in [2.24, 2.45) is 7.05 Å². The fourth-order valence-electron chi connectivity index (χ4n) is 1.41. The van der Waals surface area contributed by atoms with Crippen LogP contribution in [0, 0.1) is 6.92 Å². The van der Waals surface area contributed by atoms with Crippen LogP contribution in [-0.4, -0.2) is 27.0 Å². The minimum absolute atomic E-state index is 0.00680. The molecule has 0 unspecified atom stereocenters. The summed E-state index contributed by atoms with van der Waals surface area (Å²) in [5.41, 5.74) is 1.36. The molecular formula is C10H16N2O3. The van der Waals surface area contributed by atoms with E-state index < -0.39 is 5.97 Å². The Morgan fingerprint density at radius 2 is 2.20 bits per heavy atom. The number of nitrogens with zero attached hydrogens (tertiary/aromatic N) is 2. The average Bonchev–Trinajstić information content (AvgIpc) is 2.30. The number of carboxylic acid groups (broad SMARTS) is 1. The molecule has 0 atom stereocenters. The standard InChI is InChI=1S/C10H16N2O3/c1-6(2)15-10-8(5-9(13)14)7(3)11-12(10)4/h6H,5H2,1-4H3,(H,13,14). The zero-order valence-electron chi connectivity index (χ0n) is 9.44. The summed E-state index contributed by atoms with van der Waals surface area (Å²) in [7, 11) is 1.75. The Morgan fingerprint density at radius 3 is 2.67 bits per heavy atom. The Kier molecular flexibility index (Phi) is 3.34. The Morgan fingerprint density at radius 1 is 1.60 bits per heavy atom. The van der Waals surface area contributed by atoms with Crippen molar-refractivity contribution in [2.75, 3.05) is 0 Å². The summed E-state index contributed by atoms with van der Waals surface area (Å²) >= 11 is 0. The van der Waals surface area contributed by atoms with Gasteiger partial charge >= 0.3 is 5.97 Å². The smallest absolute Gasteiger partial charge is 0.308 e. The quantitative estimate of drug-likeness (QED) is 0.813. The molecule has 1 heterocycles. The van der Waals surface area contributed by atoms with Crippen molar-refractivity contribution in [3.8, 4) is 5.88 Å². The molecule has 0 saturated carbocycles. The van der Waals surface area contributed by atoms with Crippen molar-refractivity contribution in [1.82, 2.24) is 9.78 Å². The van der Waals surface area contributed by atoms with Crippen LogP contribution in [0.5, 0.6) is 5.88 Å². The number of aliphatic carboxylic acids is 1. The van der Waals surface area contributed by atoms with Gasteiger partial charge in [0, 0.05) is 12.6 Å². The van der Waals surface area contributed by atoms with Crippen LogP contribution >= 0.6 is 0 Å². The van der Waals surface area contributed by atoms with Crippen LogP contribution in [0.25, 0.3) is 0 Å². The van der Waals surface area contributed by atoms with Crippen LogP contribution in [0.3, 0.4) is 0 Å². The van der Waals surface area contributed by atoms with Crippen molar-refractivity contribution < 1.29 is 14.6 Å². The van der Waals surface area contributed by atoms with Crippen molar-refractivity contribution in [3.63, 3.8) is 0 Å². The fraction of sp³-hybridized carbons (Fsp3) is 0.600. The van der Waals surface area contributed by atoms with Crippen molar-refractivity contribution >= 4 is 5.97 Å². The second-order valence-electron chi connectivity index (χ2n) is 3.73. The number of rotatable bonds is 4. The first kappa shape index (κ1) is 11.6. The lowest BCUT2D eigenvalue weighted by Crippen LogP contribution is -2.11. The van der Waals surface area contributed by atoms with Gasteiger partial charge in [0.05, 0.1) is 18.2 Å². The highest BCUT2D eigenvalue weighted by Crippen LogP contribution is 2.22. The summed E-state index contributed by atoms with van der Waals surface area (Å²) in [6, 6.07) is 0. The molecule has 1 aromatic rings. The number of aromatic nitrogens is 2. The third-order valence-corrected chi connectivity index (χ3v) is 1.96. The van der Waals surface area contributed by atoms with Crippen LogP contribution < -0.4 is 4.74 Å². The van der Waals surface area contributed by atoms with Crippen LogP contribution in [-0.2, 0) is 18.3 Å². The van der Waals surface area contributed by atoms with E-state index in [-0.39, 0.29) is 12.5 Å². The number of ether oxygens (including phenoxy) is 1. The second kappa shape index (κ2) is 4.33. The van der Waals surface area contributed by atoms with Crippen LogP contribution in [0.4, 0.5) is 0 Å². The average molecular weight is 212 g/mol. The summed E-state index contributed by atoms with van der Waals surface area (Å²) in [4.78, 5) is 10.7. The van der Waals surface area contributed by atoms with E-state index in [9.17, 15) is 4.79 Å². The summed E-state index contributed by atoms with van der Waals surface area (Å²) in [6.07, 6.45) is -0.0470. The Hall–Kier alpha value is -1.52. The predicted molar refractivity (Wildman–Crippen MR) is 55.0 cm³/mol. The maximum atomic E-state index is 10.7. The molecular weight excluding hydrogens is 196 g/mol. The van der Waals surface area contributed by atoms with E-state index in [1.54, 1.807) is 18.7 Å². The number of hydrogen-bond acceptors (Lipinski definition) is 3. The highest BCUT2D eigenvalue weighted by atomic mass is 16.5. The Labute approximate surface area is 88.7 Å². The summed E-state index contributed by atoms with van der Waals surface area (Å²) < 4.78 is 7.11. The van der Waals surface area contributed by atoms with E-state index in [2.05, 4.69) is 5.10 Å². The minimum atomic E-state index is -0.875. The van der Waals surface area contributed by atoms with E-state index in [1.165, 1.54) is 0 Å². The van der Waals surface area contributed by atoms with E-state index in [1.807, 2.05) is 13.8 Å². The summed E-state index contributed by atoms with van der Waals surface area (Å²) in [6.45, 7) is 5.57. The van der Waals surface area contributed by atoms with Crippen LogP contribution in [0.2, 0.25) is 0 Å². The topological polar surface area (TPSA) is 64.4 Å². The maximum Gasteiger partial charge on any atom is 0.308 e. The third-order valence-electron chi connectivity index (χ3n) is 1.96. The van der Waals surface area contributed by atoms with Gasteiger partial charge in [-0.3, -0.25) is 4.79 Å². The molecule has 0 aliphatic heterocycles. The molecule has 0 aliphatic rings. The second-order valence-corrected chi connectivity index (χ2v) is 3.73. The monoisotopic (exact) mass is 212 g/mol. The highest BCUT2D eigenvalue weighted by molar-refractivity contribution is 5.71. The van der Waals surface area contributed by atoms with Gasteiger partial charge in [-0.2, -0.15) is 5.10 Å². The first-order chi connectivity index (χ1) is 6.91. The minimum Gasteiger partial charge on any atom is -0.481 e. The third kappa shape index (κ3) is 2.71. The molecule has 0 spiro atoms. The molecule has 5 nitrogen and oxygen atoms in total. The first-order valence-corrected chi connectivity index (χ1v) is 4.82. The molecule has 1 aromatic heterocycles. The summed E-state index contributed by atoms with van der Waals surface area (Å²) in [5, 5.41) is 12.9. The number of carboxylic acids is 1. The van der Waals surface area contributed by atoms with Gasteiger partial charge in [-0.05, 0) is 20.8 Å². The molecule has 1 N–H and O–H groups in total. The van der Waals surface area contributed by atoms with Crippen molar-refractivity contribution in [1.29, 1.82) is 0 Å². The molecule has 0 saturated heterocycles. The highest BCUT2D eigenvalue weighted by Gasteiger charge is 2.18. The number of aryl methyl sites for hydroxylation is 2. The lowest BCUT2D eigenvalue weighted by atomic mass is 10.2. The SMILES string of the molecule is Cc1nn(C)c(OC(C)C)c1CC(=O)O.